The van der Waals surface area contributed by atoms with E-state index in [0.717, 1.165) is 9.89 Å². The van der Waals surface area contributed by atoms with Gasteiger partial charge in [0.2, 0.25) is 11.8 Å². The third-order valence-electron chi connectivity index (χ3n) is 11.4. The summed E-state index contributed by atoms with van der Waals surface area (Å²) in [5.41, 5.74) is 3.25. The monoisotopic (exact) mass is 787 g/mol. The molecular formula is C40H35Cl2N3O8S. The predicted molar refractivity (Wildman–Crippen MR) is 202 cm³/mol. The molecule has 1 aromatic heterocycles. The van der Waals surface area contributed by atoms with Gasteiger partial charge in [0.25, 0.3) is 11.8 Å². The normalized spacial score (nSPS) is 25.9. The topological polar surface area (TPSA) is 135 Å². The number of rotatable bonds is 9. The van der Waals surface area contributed by atoms with Crippen molar-refractivity contribution < 1.29 is 38.5 Å². The molecular weight excluding hydrogens is 753 g/mol. The zero-order valence-corrected chi connectivity index (χ0v) is 31.7. The highest BCUT2D eigenvalue weighted by Gasteiger charge is 2.71. The lowest BCUT2D eigenvalue weighted by Crippen LogP contribution is -2.53. The fraction of sp³-hybridized carbons (Fsp3) is 0.300. The number of amides is 4. The third-order valence-corrected chi connectivity index (χ3v) is 12.8. The number of nitrogens with one attached hydrogen (secondary N) is 1. The Morgan fingerprint density at radius 1 is 0.889 bits per heavy atom. The average molecular weight is 789 g/mol. The molecule has 0 spiro atoms. The molecule has 3 aromatic carbocycles. The zero-order valence-electron chi connectivity index (χ0n) is 29.4. The molecule has 2 aliphatic carbocycles. The number of benzene rings is 3. The van der Waals surface area contributed by atoms with E-state index < -0.39 is 46.8 Å². The molecule has 3 heterocycles. The van der Waals surface area contributed by atoms with Gasteiger partial charge in [-0.15, -0.1) is 11.3 Å². The highest BCUT2D eigenvalue weighted by molar-refractivity contribution is 7.09. The molecule has 6 unspecified atom stereocenters. The number of phenols is 1. The van der Waals surface area contributed by atoms with Crippen molar-refractivity contribution >= 4 is 63.9 Å². The molecule has 2 aliphatic heterocycles. The smallest absolute Gasteiger partial charge is 0.260 e. The Kier molecular flexibility index (Phi) is 9.10. The van der Waals surface area contributed by atoms with Crippen molar-refractivity contribution in [2.24, 2.45) is 23.7 Å². The molecule has 8 rings (SSSR count). The summed E-state index contributed by atoms with van der Waals surface area (Å²) in [5, 5.41) is 14.2. The Morgan fingerprint density at radius 2 is 1.61 bits per heavy atom. The van der Waals surface area contributed by atoms with E-state index in [0.29, 0.717) is 27.5 Å². The molecule has 1 saturated carbocycles. The second-order valence-electron chi connectivity index (χ2n) is 13.8. The van der Waals surface area contributed by atoms with Crippen molar-refractivity contribution in [1.82, 2.24) is 9.91 Å². The molecule has 11 nitrogen and oxygen atoms in total. The van der Waals surface area contributed by atoms with E-state index in [4.69, 9.17) is 37.4 Å². The summed E-state index contributed by atoms with van der Waals surface area (Å²) < 4.78 is 17.3. The number of hydrazine groups is 1. The first-order chi connectivity index (χ1) is 26.0. The number of carbonyl (C=O) groups excluding carboxylic acids is 4. The standard InChI is InChI=1S/C40H35Cl2N3O8S/c1-51-23-9-6-20(7-10-23)40-28(37(48)45(39(40)50)43-30-13-8-21(41)15-29(30)42)18-27-25(35(40)34-31(52-2)16-22(46)17-32(34)53-3)11-12-26-33(27)38(49)44(36(26)47)19-24-5-4-14-54-24/h4-11,13-17,26-28,33,35,43,46H,12,18-19H2,1-3H3. The van der Waals surface area contributed by atoms with E-state index in [1.807, 2.05) is 23.6 Å². The van der Waals surface area contributed by atoms with Crippen LogP contribution in [0.15, 0.2) is 83.8 Å². The summed E-state index contributed by atoms with van der Waals surface area (Å²) in [5.74, 6) is -4.92. The maximum atomic E-state index is 15.6. The van der Waals surface area contributed by atoms with Gasteiger partial charge >= 0.3 is 0 Å². The number of anilines is 1. The van der Waals surface area contributed by atoms with Gasteiger partial charge in [-0.3, -0.25) is 29.5 Å². The minimum Gasteiger partial charge on any atom is -0.508 e. The van der Waals surface area contributed by atoms with Gasteiger partial charge in [-0.1, -0.05) is 53.1 Å². The molecule has 14 heteroatoms. The minimum absolute atomic E-state index is 0.0845. The summed E-state index contributed by atoms with van der Waals surface area (Å²) >= 11 is 14.2. The zero-order chi connectivity index (χ0) is 38.1. The second-order valence-corrected chi connectivity index (χ2v) is 15.7. The van der Waals surface area contributed by atoms with E-state index in [2.05, 4.69) is 5.43 Å². The maximum Gasteiger partial charge on any atom is 0.260 e. The van der Waals surface area contributed by atoms with Crippen LogP contribution < -0.4 is 19.6 Å². The van der Waals surface area contributed by atoms with E-state index in [-0.39, 0.29) is 59.2 Å². The van der Waals surface area contributed by atoms with Crippen LogP contribution in [-0.4, -0.2) is 60.0 Å². The lowest BCUT2D eigenvalue weighted by atomic mass is 9.49. The van der Waals surface area contributed by atoms with Gasteiger partial charge in [0.15, 0.2) is 0 Å². The molecule has 4 aromatic rings. The van der Waals surface area contributed by atoms with Crippen LogP contribution >= 0.6 is 34.5 Å². The Balaban J connectivity index is 1.37. The first kappa shape index (κ1) is 36.0. The van der Waals surface area contributed by atoms with Crippen molar-refractivity contribution in [1.29, 1.82) is 0 Å². The number of aromatic hydroxyl groups is 1. The van der Waals surface area contributed by atoms with Gasteiger partial charge in [-0.05, 0) is 66.1 Å². The fourth-order valence-corrected chi connectivity index (χ4v) is 10.3. The Hall–Kier alpha value is -5.04. The number of halogens is 2. The van der Waals surface area contributed by atoms with Crippen LogP contribution in [0.2, 0.25) is 10.0 Å². The van der Waals surface area contributed by atoms with Crippen molar-refractivity contribution in [3.8, 4) is 23.0 Å². The lowest BCUT2D eigenvalue weighted by Gasteiger charge is -2.51. The van der Waals surface area contributed by atoms with Gasteiger partial charge in [0.1, 0.15) is 23.0 Å². The van der Waals surface area contributed by atoms with Gasteiger partial charge in [-0.25, -0.2) is 0 Å². The highest BCUT2D eigenvalue weighted by atomic mass is 35.5. The molecule has 0 bridgehead atoms. The molecule has 0 radical (unpaired) electrons. The third kappa shape index (κ3) is 5.37. The summed E-state index contributed by atoms with van der Waals surface area (Å²) in [6.45, 7) is 0.156. The molecule has 278 valence electrons. The number of phenolic OH excluding ortho intramolecular Hbond substituents is 1. The summed E-state index contributed by atoms with van der Waals surface area (Å²) in [4.78, 5) is 61.3. The fourth-order valence-electron chi connectivity index (χ4n) is 9.15. The van der Waals surface area contributed by atoms with Gasteiger partial charge in [0.05, 0.1) is 61.8 Å². The predicted octanol–water partition coefficient (Wildman–Crippen LogP) is 6.97. The van der Waals surface area contributed by atoms with Crippen LogP contribution in [0.4, 0.5) is 5.69 Å². The van der Waals surface area contributed by atoms with E-state index >= 15 is 9.59 Å². The number of imide groups is 2. The first-order valence-electron chi connectivity index (χ1n) is 17.3. The van der Waals surface area contributed by atoms with Gasteiger partial charge in [0, 0.05) is 33.5 Å². The van der Waals surface area contributed by atoms with Crippen LogP contribution in [0.1, 0.15) is 34.8 Å². The number of thiophene rings is 1. The number of carbonyl (C=O) groups is 4. The molecule has 54 heavy (non-hydrogen) atoms. The molecule has 4 aliphatic rings. The van der Waals surface area contributed by atoms with E-state index in [1.165, 1.54) is 55.8 Å². The molecule has 2 N–H and O–H groups in total. The first-order valence-corrected chi connectivity index (χ1v) is 18.9. The molecule has 4 amide bonds. The summed E-state index contributed by atoms with van der Waals surface area (Å²) in [6, 6.07) is 18.3. The van der Waals surface area contributed by atoms with Gasteiger partial charge in [-0.2, -0.15) is 5.01 Å². The van der Waals surface area contributed by atoms with Crippen molar-refractivity contribution in [2.75, 3.05) is 26.8 Å². The lowest BCUT2D eigenvalue weighted by molar-refractivity contribution is -0.141. The van der Waals surface area contributed by atoms with E-state index in [1.54, 1.807) is 36.4 Å². The largest absolute Gasteiger partial charge is 0.508 e. The number of hydrogen-bond donors (Lipinski definition) is 2. The van der Waals surface area contributed by atoms with Crippen LogP contribution in [-0.2, 0) is 31.1 Å². The van der Waals surface area contributed by atoms with Crippen LogP contribution in [0.5, 0.6) is 23.0 Å². The second kappa shape index (κ2) is 13.7. The van der Waals surface area contributed by atoms with Gasteiger partial charge < -0.3 is 19.3 Å². The summed E-state index contributed by atoms with van der Waals surface area (Å²) in [7, 11) is 4.42. The van der Waals surface area contributed by atoms with Crippen LogP contribution in [0, 0.1) is 23.7 Å². The van der Waals surface area contributed by atoms with E-state index in [9.17, 15) is 14.7 Å². The number of nitrogens with zero attached hydrogens (tertiary/aromatic N) is 2. The van der Waals surface area contributed by atoms with Crippen molar-refractivity contribution in [3.05, 3.63) is 110 Å². The Morgan fingerprint density at radius 3 is 2.24 bits per heavy atom. The highest BCUT2D eigenvalue weighted by Crippen LogP contribution is 2.66. The minimum atomic E-state index is -1.65. The number of methoxy groups -OCH3 is 3. The quantitative estimate of drug-likeness (QED) is 0.136. The number of allylic oxidation sites excluding steroid dienone is 2. The average Bonchev–Trinajstić information content (AvgIpc) is 3.83. The molecule has 3 fully saturated rings. The van der Waals surface area contributed by atoms with Crippen molar-refractivity contribution in [2.45, 2.75) is 30.7 Å². The Bertz CT molecular complexity index is 2200. The molecule has 2 saturated heterocycles. The molecule has 6 atom stereocenters. The van der Waals surface area contributed by atoms with Crippen LogP contribution in [0.25, 0.3) is 0 Å². The number of ether oxygens (including phenoxy) is 3. The number of fused-ring (bicyclic) bond motifs is 4. The SMILES string of the molecule is COc1ccc(C23C(=O)N(Nc4ccc(Cl)cc4Cl)C(=O)C2CC2C(=CCC4C(=O)N(Cc5cccs5)C(=O)C42)C3c2c(OC)cc(O)cc2OC)cc1. The van der Waals surface area contributed by atoms with Crippen molar-refractivity contribution in [3.63, 3.8) is 0 Å². The number of likely N-dealkylation sites (tertiary alicyclic amines) is 1. The van der Waals surface area contributed by atoms with Crippen LogP contribution in [0.3, 0.4) is 0 Å². The maximum absolute atomic E-state index is 15.6. The summed E-state index contributed by atoms with van der Waals surface area (Å²) in [6.07, 6.45) is 2.28. The Labute approximate surface area is 325 Å². The number of hydrogen-bond acceptors (Lipinski definition) is 10.